The molecule has 116 valence electrons. The molecule has 0 amide bonds. The van der Waals surface area contributed by atoms with E-state index in [1.165, 1.54) is 0 Å². The number of carbonyl (C=O) groups is 4. The first kappa shape index (κ1) is 21.7. The monoisotopic (exact) mass is 356 g/mol. The van der Waals surface area contributed by atoms with Crippen molar-refractivity contribution in [3.63, 3.8) is 0 Å². The van der Waals surface area contributed by atoms with E-state index in [1.807, 2.05) is 0 Å². The molecule has 0 aliphatic rings. The van der Waals surface area contributed by atoms with Crippen LogP contribution in [0.3, 0.4) is 0 Å². The minimum atomic E-state index is -1.59. The summed E-state index contributed by atoms with van der Waals surface area (Å²) in [7, 11) is 0. The quantitative estimate of drug-likeness (QED) is 0.227. The molecule has 10 nitrogen and oxygen atoms in total. The zero-order valence-electron chi connectivity index (χ0n) is 11.2. The van der Waals surface area contributed by atoms with E-state index >= 15 is 0 Å². The maximum absolute atomic E-state index is 10.8. The molecule has 0 heterocycles. The van der Waals surface area contributed by atoms with Gasteiger partial charge in [-0.15, -0.1) is 0 Å². The van der Waals surface area contributed by atoms with Crippen molar-refractivity contribution in [1.82, 2.24) is 10.6 Å². The average molecular weight is 358 g/mol. The summed E-state index contributed by atoms with van der Waals surface area (Å²) in [4.78, 5) is 42.5. The summed E-state index contributed by atoms with van der Waals surface area (Å²) in [5, 5.41) is 39.4. The Morgan fingerprint density at radius 3 is 1.52 bits per heavy atom. The van der Waals surface area contributed by atoms with E-state index in [4.69, 9.17) is 20.4 Å². The van der Waals surface area contributed by atoms with Gasteiger partial charge < -0.3 is 25.7 Å². The standard InChI is InChI=1S/C10H16N2O8.Zn/c13-6(14)1-10(2-7(15)16,12-4-9(19)20)5-11-3-8(17)18;/h11-12H,1-5H2,(H,13,14)(H,15,16)(H,17,18)(H,19,20);. The van der Waals surface area contributed by atoms with E-state index in [0.717, 1.165) is 0 Å². The van der Waals surface area contributed by atoms with E-state index in [1.54, 1.807) is 0 Å². The van der Waals surface area contributed by atoms with Gasteiger partial charge in [0.1, 0.15) is 0 Å². The summed E-state index contributed by atoms with van der Waals surface area (Å²) in [6.45, 7) is -1.46. The third kappa shape index (κ3) is 10.8. The molecule has 0 aliphatic heterocycles. The molecule has 0 aromatic rings. The Morgan fingerprint density at radius 2 is 1.19 bits per heavy atom. The van der Waals surface area contributed by atoms with Crippen LogP contribution in [-0.4, -0.2) is 69.5 Å². The molecule has 0 saturated carbocycles. The van der Waals surface area contributed by atoms with Crippen LogP contribution in [0.4, 0.5) is 0 Å². The minimum Gasteiger partial charge on any atom is -0.481 e. The molecule has 0 aliphatic carbocycles. The van der Waals surface area contributed by atoms with Crippen molar-refractivity contribution in [3.05, 3.63) is 0 Å². The third-order valence-electron chi connectivity index (χ3n) is 2.33. The van der Waals surface area contributed by atoms with Crippen LogP contribution in [0.25, 0.3) is 0 Å². The first-order valence-electron chi connectivity index (χ1n) is 5.50. The normalized spacial score (nSPS) is 10.5. The number of carboxylic acid groups (broad SMARTS) is 4. The summed E-state index contributed by atoms with van der Waals surface area (Å²) in [6, 6.07) is 0. The van der Waals surface area contributed by atoms with Crippen molar-refractivity contribution < 1.29 is 59.1 Å². The van der Waals surface area contributed by atoms with Crippen LogP contribution in [0.15, 0.2) is 0 Å². The fraction of sp³-hybridized carbons (Fsp3) is 0.600. The Morgan fingerprint density at radius 1 is 0.762 bits per heavy atom. The zero-order chi connectivity index (χ0) is 15.8. The van der Waals surface area contributed by atoms with Crippen LogP contribution < -0.4 is 10.6 Å². The van der Waals surface area contributed by atoms with Crippen molar-refractivity contribution in [2.24, 2.45) is 0 Å². The summed E-state index contributed by atoms with van der Waals surface area (Å²) in [5.74, 6) is -5.16. The van der Waals surface area contributed by atoms with Crippen LogP contribution in [0, 0.1) is 0 Å². The van der Waals surface area contributed by atoms with Gasteiger partial charge in [-0.2, -0.15) is 0 Å². The molecule has 0 fully saturated rings. The van der Waals surface area contributed by atoms with E-state index in [0.29, 0.717) is 0 Å². The second kappa shape index (κ2) is 10.2. The number of nitrogens with one attached hydrogen (secondary N) is 2. The fourth-order valence-corrected chi connectivity index (χ4v) is 1.63. The molecule has 0 saturated heterocycles. The average Bonchev–Trinajstić information content (AvgIpc) is 2.24. The smallest absolute Gasteiger partial charge is 0.317 e. The molecular formula is C10H16N2O8Zn. The van der Waals surface area contributed by atoms with Gasteiger partial charge in [0.25, 0.3) is 0 Å². The van der Waals surface area contributed by atoms with Crippen LogP contribution in [0.2, 0.25) is 0 Å². The minimum absolute atomic E-state index is 0. The molecule has 0 aromatic heterocycles. The van der Waals surface area contributed by atoms with Gasteiger partial charge in [0, 0.05) is 26.0 Å². The predicted molar refractivity (Wildman–Crippen MR) is 63.4 cm³/mol. The molecule has 0 radical (unpaired) electrons. The predicted octanol–water partition coefficient (Wildman–Crippen LogP) is -1.98. The molecule has 21 heavy (non-hydrogen) atoms. The molecule has 0 aromatic carbocycles. The van der Waals surface area contributed by atoms with Gasteiger partial charge in [-0.05, 0) is 0 Å². The number of aliphatic carboxylic acids is 4. The van der Waals surface area contributed by atoms with Crippen molar-refractivity contribution in [2.75, 3.05) is 19.6 Å². The number of rotatable bonds is 11. The van der Waals surface area contributed by atoms with Crippen molar-refractivity contribution in [2.45, 2.75) is 18.4 Å². The van der Waals surface area contributed by atoms with Gasteiger partial charge in [0.15, 0.2) is 0 Å². The number of carboxylic acids is 4. The topological polar surface area (TPSA) is 173 Å². The van der Waals surface area contributed by atoms with Crippen LogP contribution >= 0.6 is 0 Å². The van der Waals surface area contributed by atoms with Gasteiger partial charge in [0.2, 0.25) is 0 Å². The Bertz CT molecular complexity index is 385. The van der Waals surface area contributed by atoms with Gasteiger partial charge >= 0.3 is 23.9 Å². The first-order chi connectivity index (χ1) is 9.17. The summed E-state index contributed by atoms with van der Waals surface area (Å²) in [6.07, 6.45) is -1.33. The van der Waals surface area contributed by atoms with Gasteiger partial charge in [0.05, 0.1) is 31.5 Å². The summed E-state index contributed by atoms with van der Waals surface area (Å²) in [5.41, 5.74) is -1.59. The summed E-state index contributed by atoms with van der Waals surface area (Å²) >= 11 is 0. The molecule has 0 rings (SSSR count). The van der Waals surface area contributed by atoms with E-state index in [-0.39, 0.29) is 26.0 Å². The van der Waals surface area contributed by atoms with Crippen LogP contribution in [0.5, 0.6) is 0 Å². The fourth-order valence-electron chi connectivity index (χ4n) is 1.63. The maximum atomic E-state index is 10.8. The molecule has 11 heteroatoms. The number of hydrogen-bond donors (Lipinski definition) is 6. The van der Waals surface area contributed by atoms with Gasteiger partial charge in [-0.1, -0.05) is 0 Å². The van der Waals surface area contributed by atoms with Crippen molar-refractivity contribution in [3.8, 4) is 0 Å². The Balaban J connectivity index is 0. The van der Waals surface area contributed by atoms with Crippen molar-refractivity contribution in [1.29, 1.82) is 0 Å². The molecule has 0 bridgehead atoms. The SMILES string of the molecule is O=C(O)CNCC(CC(=O)O)(CC(=O)O)NCC(=O)O.[Zn]. The Kier molecular flexibility index (Phi) is 10.5. The summed E-state index contributed by atoms with van der Waals surface area (Å²) < 4.78 is 0. The van der Waals surface area contributed by atoms with Crippen molar-refractivity contribution >= 4 is 23.9 Å². The van der Waals surface area contributed by atoms with Gasteiger partial charge in [-0.25, -0.2) is 0 Å². The molecule has 0 unspecified atom stereocenters. The zero-order valence-corrected chi connectivity index (χ0v) is 14.1. The van der Waals surface area contributed by atoms with Gasteiger partial charge in [-0.3, -0.25) is 24.5 Å². The van der Waals surface area contributed by atoms with E-state index < -0.39 is 55.3 Å². The third-order valence-corrected chi connectivity index (χ3v) is 2.33. The maximum Gasteiger partial charge on any atom is 0.317 e. The molecule has 6 N–H and O–H groups in total. The molecular weight excluding hydrogens is 342 g/mol. The Labute approximate surface area is 132 Å². The van der Waals surface area contributed by atoms with Crippen LogP contribution in [0.1, 0.15) is 12.8 Å². The molecule has 0 atom stereocenters. The number of hydrogen-bond acceptors (Lipinski definition) is 6. The molecule has 0 spiro atoms. The Hall–Kier alpha value is -1.58. The first-order valence-corrected chi connectivity index (χ1v) is 5.50. The largest absolute Gasteiger partial charge is 0.481 e. The van der Waals surface area contributed by atoms with Crippen LogP contribution in [-0.2, 0) is 38.7 Å². The second-order valence-corrected chi connectivity index (χ2v) is 4.17. The second-order valence-electron chi connectivity index (χ2n) is 4.17. The van der Waals surface area contributed by atoms with E-state index in [9.17, 15) is 19.2 Å². The van der Waals surface area contributed by atoms with E-state index in [2.05, 4.69) is 10.6 Å².